The van der Waals surface area contributed by atoms with E-state index >= 15 is 0 Å². The predicted octanol–water partition coefficient (Wildman–Crippen LogP) is 4.04. The number of nitrogens with one attached hydrogen (secondary N) is 2. The Bertz CT molecular complexity index is 1020. The smallest absolute Gasteiger partial charge is 0.317 e. The molecule has 0 saturated carbocycles. The molecule has 3 aliphatic rings. The van der Waals surface area contributed by atoms with Crippen molar-refractivity contribution in [3.05, 3.63) is 35.4 Å². The summed E-state index contributed by atoms with van der Waals surface area (Å²) in [5.41, 5.74) is 1.83. The normalized spacial score (nSPS) is 24.0. The van der Waals surface area contributed by atoms with Gasteiger partial charge in [-0.2, -0.15) is 0 Å². The molecule has 2 aliphatic heterocycles. The molecule has 8 heteroatoms. The van der Waals surface area contributed by atoms with Crippen molar-refractivity contribution in [2.75, 3.05) is 26.7 Å². The van der Waals surface area contributed by atoms with Gasteiger partial charge in [-0.25, -0.2) is 4.79 Å². The zero-order valence-electron chi connectivity index (χ0n) is 22.8. The largest absolute Gasteiger partial charge is 0.493 e. The minimum Gasteiger partial charge on any atom is -0.493 e. The SMILES string of the molecule is COc1ccc2c3c1O[C@H]1C[C@@H](O)C=C[C@@]31CCN(C(=O)NCCCCCCNC(=O)CC(C)(C)C)C2. The third kappa shape index (κ3) is 6.22. The van der Waals surface area contributed by atoms with Gasteiger partial charge in [-0.15, -0.1) is 0 Å². The van der Waals surface area contributed by atoms with Crippen molar-refractivity contribution in [3.63, 3.8) is 0 Å². The zero-order chi connectivity index (χ0) is 26.6. The van der Waals surface area contributed by atoms with Gasteiger partial charge in [0, 0.05) is 44.6 Å². The van der Waals surface area contributed by atoms with Crippen LogP contribution in [0.5, 0.6) is 11.5 Å². The van der Waals surface area contributed by atoms with Crippen molar-refractivity contribution in [1.29, 1.82) is 0 Å². The fourth-order valence-electron chi connectivity index (χ4n) is 5.79. The van der Waals surface area contributed by atoms with Gasteiger partial charge in [0.25, 0.3) is 0 Å². The molecule has 1 aromatic carbocycles. The van der Waals surface area contributed by atoms with Gasteiger partial charge in [-0.1, -0.05) is 51.8 Å². The number of hydrogen-bond donors (Lipinski definition) is 3. The topological polar surface area (TPSA) is 100 Å². The van der Waals surface area contributed by atoms with Crippen LogP contribution in [0.3, 0.4) is 0 Å². The lowest BCUT2D eigenvalue weighted by Crippen LogP contribution is -2.44. The highest BCUT2D eigenvalue weighted by atomic mass is 16.5. The number of amides is 3. The van der Waals surface area contributed by atoms with E-state index in [0.29, 0.717) is 44.8 Å². The van der Waals surface area contributed by atoms with Crippen LogP contribution < -0.4 is 20.1 Å². The Morgan fingerprint density at radius 1 is 1.16 bits per heavy atom. The second kappa shape index (κ2) is 11.3. The highest BCUT2D eigenvalue weighted by Gasteiger charge is 2.53. The van der Waals surface area contributed by atoms with Gasteiger partial charge in [-0.05, 0) is 36.3 Å². The van der Waals surface area contributed by atoms with Gasteiger partial charge < -0.3 is 30.1 Å². The number of ether oxygens (including phenoxy) is 2. The number of hydrogen-bond acceptors (Lipinski definition) is 5. The average molecular weight is 514 g/mol. The Morgan fingerprint density at radius 2 is 1.89 bits per heavy atom. The fraction of sp³-hybridized carbons (Fsp3) is 0.655. The molecule has 37 heavy (non-hydrogen) atoms. The van der Waals surface area contributed by atoms with E-state index in [1.165, 1.54) is 0 Å². The number of aliphatic hydroxyl groups is 1. The number of carbonyl (C=O) groups is 2. The average Bonchev–Trinajstić information content (AvgIpc) is 3.06. The fourth-order valence-corrected chi connectivity index (χ4v) is 5.79. The molecule has 0 unspecified atom stereocenters. The number of nitrogens with zero attached hydrogens (tertiary/aromatic N) is 1. The third-order valence-electron chi connectivity index (χ3n) is 7.64. The molecule has 4 rings (SSSR count). The second-order valence-electron chi connectivity index (χ2n) is 11.8. The van der Waals surface area contributed by atoms with Crippen LogP contribution >= 0.6 is 0 Å². The molecule has 1 spiro atoms. The first-order valence-corrected chi connectivity index (χ1v) is 13.7. The summed E-state index contributed by atoms with van der Waals surface area (Å²) in [7, 11) is 1.64. The summed E-state index contributed by atoms with van der Waals surface area (Å²) in [6, 6.07) is 3.90. The molecule has 0 fully saturated rings. The van der Waals surface area contributed by atoms with Gasteiger partial charge in [0.05, 0.1) is 18.6 Å². The first kappa shape index (κ1) is 27.3. The van der Waals surface area contributed by atoms with E-state index in [1.54, 1.807) is 7.11 Å². The third-order valence-corrected chi connectivity index (χ3v) is 7.64. The van der Waals surface area contributed by atoms with E-state index in [0.717, 1.165) is 49.0 Å². The van der Waals surface area contributed by atoms with Gasteiger partial charge in [-0.3, -0.25) is 4.79 Å². The predicted molar refractivity (Wildman–Crippen MR) is 143 cm³/mol. The van der Waals surface area contributed by atoms with Crippen LogP contribution in [0.2, 0.25) is 0 Å². The van der Waals surface area contributed by atoms with Crippen LogP contribution in [0.1, 0.15) is 76.8 Å². The lowest BCUT2D eigenvalue weighted by atomic mass is 9.69. The number of urea groups is 1. The molecular formula is C29H43N3O5. The summed E-state index contributed by atoms with van der Waals surface area (Å²) in [6.45, 7) is 8.66. The highest BCUT2D eigenvalue weighted by Crippen LogP contribution is 2.55. The Hall–Kier alpha value is -2.74. The minimum atomic E-state index is -0.526. The van der Waals surface area contributed by atoms with Crippen LogP contribution in [-0.4, -0.2) is 60.9 Å². The standard InChI is InChI=1S/C29H43N3O5/c1-28(2,3)18-24(34)30-14-7-5-6-8-15-31-27(35)32-16-13-29-12-11-21(33)17-23(29)37-26-22(36-4)10-9-20(19-32)25(26)29/h9-12,21,23,33H,5-8,13-19H2,1-4H3,(H,30,34)(H,31,35)/t21-,23-,29-/m0/s1. The summed E-state index contributed by atoms with van der Waals surface area (Å²) >= 11 is 0. The van der Waals surface area contributed by atoms with Crippen LogP contribution in [0.4, 0.5) is 4.79 Å². The molecule has 0 aromatic heterocycles. The Balaban J connectivity index is 1.26. The van der Waals surface area contributed by atoms with Crippen molar-refractivity contribution in [2.24, 2.45) is 5.41 Å². The van der Waals surface area contributed by atoms with E-state index in [9.17, 15) is 14.7 Å². The molecule has 1 aliphatic carbocycles. The van der Waals surface area contributed by atoms with Crippen LogP contribution in [0.15, 0.2) is 24.3 Å². The Morgan fingerprint density at radius 3 is 2.59 bits per heavy atom. The molecule has 3 amide bonds. The number of unbranched alkanes of at least 4 members (excludes halogenated alkanes) is 3. The lowest BCUT2D eigenvalue weighted by molar-refractivity contribution is -0.122. The summed E-state index contributed by atoms with van der Waals surface area (Å²) in [6.07, 6.45) is 8.97. The first-order valence-electron chi connectivity index (χ1n) is 13.7. The van der Waals surface area contributed by atoms with E-state index in [1.807, 2.05) is 23.1 Å². The van der Waals surface area contributed by atoms with Gasteiger partial charge in [0.15, 0.2) is 11.5 Å². The molecule has 0 saturated heterocycles. The zero-order valence-corrected chi connectivity index (χ0v) is 22.8. The Kier molecular flexibility index (Phi) is 8.36. The van der Waals surface area contributed by atoms with Gasteiger partial charge in [0.2, 0.25) is 5.91 Å². The molecule has 204 valence electrons. The maximum absolute atomic E-state index is 13.1. The Labute approximate surface area is 220 Å². The maximum atomic E-state index is 13.1. The minimum absolute atomic E-state index is 0.00946. The van der Waals surface area contributed by atoms with Crippen LogP contribution in [0, 0.1) is 5.41 Å². The van der Waals surface area contributed by atoms with E-state index in [-0.39, 0.29) is 28.9 Å². The molecule has 3 N–H and O–H groups in total. The van der Waals surface area contributed by atoms with Crippen molar-refractivity contribution in [2.45, 2.75) is 89.9 Å². The summed E-state index contributed by atoms with van der Waals surface area (Å²) < 4.78 is 11.9. The molecule has 0 bridgehead atoms. The van der Waals surface area contributed by atoms with Crippen molar-refractivity contribution in [1.82, 2.24) is 15.5 Å². The number of rotatable bonds is 9. The number of carbonyl (C=O) groups excluding carboxylic acids is 2. The van der Waals surface area contributed by atoms with Crippen LogP contribution in [-0.2, 0) is 16.8 Å². The van der Waals surface area contributed by atoms with Crippen molar-refractivity contribution >= 4 is 11.9 Å². The van der Waals surface area contributed by atoms with Crippen molar-refractivity contribution in [3.8, 4) is 11.5 Å². The number of benzene rings is 1. The number of aliphatic hydroxyl groups excluding tert-OH is 1. The quantitative estimate of drug-likeness (QED) is 0.342. The molecule has 8 nitrogen and oxygen atoms in total. The second-order valence-corrected chi connectivity index (χ2v) is 11.8. The van der Waals surface area contributed by atoms with Gasteiger partial charge in [0.1, 0.15) is 6.10 Å². The van der Waals surface area contributed by atoms with Gasteiger partial charge >= 0.3 is 6.03 Å². The lowest BCUT2D eigenvalue weighted by Gasteiger charge is -2.35. The van der Waals surface area contributed by atoms with E-state index < -0.39 is 6.10 Å². The number of methoxy groups -OCH3 is 1. The first-order chi connectivity index (χ1) is 17.6. The summed E-state index contributed by atoms with van der Waals surface area (Å²) in [4.78, 5) is 26.9. The summed E-state index contributed by atoms with van der Waals surface area (Å²) in [5.74, 6) is 1.56. The molecule has 2 heterocycles. The maximum Gasteiger partial charge on any atom is 0.317 e. The molecule has 1 aromatic rings. The van der Waals surface area contributed by atoms with E-state index in [4.69, 9.17) is 9.47 Å². The van der Waals surface area contributed by atoms with Crippen LogP contribution in [0.25, 0.3) is 0 Å². The van der Waals surface area contributed by atoms with Crippen molar-refractivity contribution < 1.29 is 24.2 Å². The summed E-state index contributed by atoms with van der Waals surface area (Å²) in [5, 5.41) is 16.3. The highest BCUT2D eigenvalue weighted by molar-refractivity contribution is 5.76. The monoisotopic (exact) mass is 513 g/mol. The molecule has 0 radical (unpaired) electrons. The van der Waals surface area contributed by atoms with E-state index in [2.05, 4.69) is 37.5 Å². The molecular weight excluding hydrogens is 470 g/mol. The molecule has 3 atom stereocenters.